The second-order valence-corrected chi connectivity index (χ2v) is 4.03. The summed E-state index contributed by atoms with van der Waals surface area (Å²) < 4.78 is 1.75. The zero-order valence-electron chi connectivity index (χ0n) is 10.2. The summed E-state index contributed by atoms with van der Waals surface area (Å²) in [5, 5.41) is 14.8. The second-order valence-electron chi connectivity index (χ2n) is 4.03. The van der Waals surface area contributed by atoms with E-state index in [1.165, 1.54) is 12.1 Å². The Bertz CT molecular complexity index is 597. The van der Waals surface area contributed by atoms with Gasteiger partial charge in [-0.1, -0.05) is 12.2 Å². The van der Waals surface area contributed by atoms with Gasteiger partial charge >= 0.3 is 0 Å². The van der Waals surface area contributed by atoms with Crippen LogP contribution >= 0.6 is 0 Å². The molecule has 92 valence electrons. The van der Waals surface area contributed by atoms with Crippen molar-refractivity contribution in [3.05, 3.63) is 57.4 Å². The Hall–Kier alpha value is -2.43. The van der Waals surface area contributed by atoms with Crippen molar-refractivity contribution in [3.63, 3.8) is 0 Å². The number of hydrogen-bond acceptors (Lipinski definition) is 3. The summed E-state index contributed by atoms with van der Waals surface area (Å²) in [6, 6.07) is 6.44. The van der Waals surface area contributed by atoms with Crippen molar-refractivity contribution in [3.8, 4) is 0 Å². The first-order chi connectivity index (χ1) is 8.56. The van der Waals surface area contributed by atoms with Crippen molar-refractivity contribution in [2.45, 2.75) is 6.92 Å². The van der Waals surface area contributed by atoms with E-state index in [-0.39, 0.29) is 5.69 Å². The van der Waals surface area contributed by atoms with E-state index in [0.717, 1.165) is 16.8 Å². The summed E-state index contributed by atoms with van der Waals surface area (Å²) in [7, 11) is 1.87. The van der Waals surface area contributed by atoms with Crippen molar-refractivity contribution in [1.29, 1.82) is 0 Å². The molecule has 0 aliphatic heterocycles. The molecular formula is C13H13N3O2. The molecule has 0 saturated carbocycles. The van der Waals surface area contributed by atoms with E-state index in [9.17, 15) is 10.1 Å². The number of non-ortho nitro benzene ring substituents is 1. The van der Waals surface area contributed by atoms with Gasteiger partial charge in [0.25, 0.3) is 5.69 Å². The van der Waals surface area contributed by atoms with Crippen LogP contribution in [0.25, 0.3) is 12.2 Å². The minimum Gasteiger partial charge on any atom is -0.275 e. The fraction of sp³-hybridized carbons (Fsp3) is 0.154. The van der Waals surface area contributed by atoms with Gasteiger partial charge in [-0.15, -0.1) is 0 Å². The zero-order chi connectivity index (χ0) is 13.1. The highest BCUT2D eigenvalue weighted by molar-refractivity contribution is 5.70. The quantitative estimate of drug-likeness (QED) is 0.615. The molecule has 0 radical (unpaired) electrons. The molecule has 0 atom stereocenters. The number of benzene rings is 1. The molecule has 1 aromatic heterocycles. The molecule has 0 bridgehead atoms. The van der Waals surface area contributed by atoms with Crippen molar-refractivity contribution in [2.75, 3.05) is 0 Å². The van der Waals surface area contributed by atoms with Crippen molar-refractivity contribution < 1.29 is 4.92 Å². The topological polar surface area (TPSA) is 61.0 Å². The number of hydrogen-bond donors (Lipinski definition) is 0. The van der Waals surface area contributed by atoms with Gasteiger partial charge in [-0.2, -0.15) is 5.10 Å². The van der Waals surface area contributed by atoms with E-state index in [4.69, 9.17) is 0 Å². The zero-order valence-corrected chi connectivity index (χ0v) is 10.2. The summed E-state index contributed by atoms with van der Waals surface area (Å²) in [5.74, 6) is 0. The van der Waals surface area contributed by atoms with Gasteiger partial charge in [0.2, 0.25) is 0 Å². The molecule has 5 heteroatoms. The predicted octanol–water partition coefficient (Wildman–Crippen LogP) is 2.81. The lowest BCUT2D eigenvalue weighted by Crippen LogP contribution is -1.86. The number of rotatable bonds is 3. The van der Waals surface area contributed by atoms with Crippen LogP contribution < -0.4 is 0 Å². The molecule has 0 spiro atoms. The monoisotopic (exact) mass is 243 g/mol. The summed E-state index contributed by atoms with van der Waals surface area (Å²) in [4.78, 5) is 10.1. The number of nitro groups is 1. The van der Waals surface area contributed by atoms with E-state index in [1.54, 1.807) is 16.8 Å². The minimum atomic E-state index is -0.404. The van der Waals surface area contributed by atoms with Gasteiger partial charge in [0.1, 0.15) is 0 Å². The SMILES string of the molecule is Cc1nn(C)cc1/C=C/c1ccc([N+](=O)[O-])cc1. The fourth-order valence-corrected chi connectivity index (χ4v) is 1.67. The average molecular weight is 243 g/mol. The summed E-state index contributed by atoms with van der Waals surface area (Å²) >= 11 is 0. The maximum Gasteiger partial charge on any atom is 0.269 e. The fourth-order valence-electron chi connectivity index (χ4n) is 1.67. The van der Waals surface area contributed by atoms with E-state index >= 15 is 0 Å². The van der Waals surface area contributed by atoms with Crippen LogP contribution in [-0.2, 0) is 7.05 Å². The summed E-state index contributed by atoms with van der Waals surface area (Å²) in [6.45, 7) is 1.94. The molecule has 18 heavy (non-hydrogen) atoms. The lowest BCUT2D eigenvalue weighted by atomic mass is 10.1. The third-order valence-electron chi connectivity index (χ3n) is 2.61. The van der Waals surface area contributed by atoms with Gasteiger partial charge in [0.05, 0.1) is 10.6 Å². The van der Waals surface area contributed by atoms with E-state index < -0.39 is 4.92 Å². The standard InChI is InChI=1S/C13H13N3O2/c1-10-12(9-15(2)14-10)6-3-11-4-7-13(8-5-11)16(17)18/h3-9H,1-2H3/b6-3+. The van der Waals surface area contributed by atoms with Gasteiger partial charge in [0.15, 0.2) is 0 Å². The van der Waals surface area contributed by atoms with Crippen LogP contribution in [0.3, 0.4) is 0 Å². The number of aromatic nitrogens is 2. The van der Waals surface area contributed by atoms with E-state index in [0.29, 0.717) is 0 Å². The molecule has 1 aromatic carbocycles. The van der Waals surface area contributed by atoms with Crippen LogP contribution in [0.4, 0.5) is 5.69 Å². The molecule has 1 heterocycles. The average Bonchev–Trinajstić information content (AvgIpc) is 2.66. The van der Waals surface area contributed by atoms with E-state index in [2.05, 4.69) is 5.10 Å². The predicted molar refractivity (Wildman–Crippen MR) is 70.0 cm³/mol. The van der Waals surface area contributed by atoms with Crippen molar-refractivity contribution >= 4 is 17.8 Å². The second kappa shape index (κ2) is 4.83. The molecule has 2 rings (SSSR count). The smallest absolute Gasteiger partial charge is 0.269 e. The maximum absolute atomic E-state index is 10.5. The van der Waals surface area contributed by atoms with Gasteiger partial charge in [-0.05, 0) is 24.6 Å². The van der Waals surface area contributed by atoms with Gasteiger partial charge in [0, 0.05) is 30.9 Å². The Balaban J connectivity index is 2.18. The Morgan fingerprint density at radius 1 is 1.28 bits per heavy atom. The van der Waals surface area contributed by atoms with Crippen molar-refractivity contribution in [1.82, 2.24) is 9.78 Å². The van der Waals surface area contributed by atoms with Gasteiger partial charge < -0.3 is 0 Å². The van der Waals surface area contributed by atoms with Crippen LogP contribution in [0.15, 0.2) is 30.5 Å². The first-order valence-electron chi connectivity index (χ1n) is 5.49. The first-order valence-corrected chi connectivity index (χ1v) is 5.49. The molecule has 0 fully saturated rings. The molecule has 0 aliphatic carbocycles. The highest BCUT2D eigenvalue weighted by atomic mass is 16.6. The Morgan fingerprint density at radius 2 is 1.94 bits per heavy atom. The molecule has 2 aromatic rings. The van der Waals surface area contributed by atoms with Crippen LogP contribution in [0.2, 0.25) is 0 Å². The van der Waals surface area contributed by atoms with Crippen LogP contribution in [0.5, 0.6) is 0 Å². The molecule has 0 aliphatic rings. The lowest BCUT2D eigenvalue weighted by molar-refractivity contribution is -0.384. The molecule has 0 unspecified atom stereocenters. The van der Waals surface area contributed by atoms with Crippen LogP contribution in [0.1, 0.15) is 16.8 Å². The van der Waals surface area contributed by atoms with Gasteiger partial charge in [-0.25, -0.2) is 0 Å². The first kappa shape index (κ1) is 12.0. The molecular weight excluding hydrogens is 230 g/mol. The van der Waals surface area contributed by atoms with Crippen LogP contribution in [-0.4, -0.2) is 14.7 Å². The molecule has 0 amide bonds. The van der Waals surface area contributed by atoms with E-state index in [1.807, 2.05) is 32.3 Å². The third kappa shape index (κ3) is 2.63. The summed E-state index contributed by atoms with van der Waals surface area (Å²) in [5.41, 5.74) is 3.01. The van der Waals surface area contributed by atoms with Crippen molar-refractivity contribution in [2.24, 2.45) is 7.05 Å². The Morgan fingerprint density at radius 3 is 2.44 bits per heavy atom. The highest BCUT2D eigenvalue weighted by Crippen LogP contribution is 2.15. The summed E-state index contributed by atoms with van der Waals surface area (Å²) in [6.07, 6.45) is 5.79. The molecule has 5 nitrogen and oxygen atoms in total. The third-order valence-corrected chi connectivity index (χ3v) is 2.61. The maximum atomic E-state index is 10.5. The molecule has 0 saturated heterocycles. The molecule has 0 N–H and O–H groups in total. The van der Waals surface area contributed by atoms with Gasteiger partial charge in [-0.3, -0.25) is 14.8 Å². The number of aryl methyl sites for hydroxylation is 2. The normalized spacial score (nSPS) is 11.0. The number of nitro benzene ring substituents is 1. The highest BCUT2D eigenvalue weighted by Gasteiger charge is 2.02. The Kier molecular flexibility index (Phi) is 3.23. The Labute approximate surface area is 105 Å². The lowest BCUT2D eigenvalue weighted by Gasteiger charge is -1.93. The largest absolute Gasteiger partial charge is 0.275 e. The minimum absolute atomic E-state index is 0.102. The number of nitrogens with zero attached hydrogens (tertiary/aromatic N) is 3. The van der Waals surface area contributed by atoms with Crippen LogP contribution in [0, 0.1) is 17.0 Å².